The highest BCUT2D eigenvalue weighted by Gasteiger charge is 2.29. The Bertz CT molecular complexity index is 583. The van der Waals surface area contributed by atoms with Gasteiger partial charge in [0, 0.05) is 28.7 Å². The van der Waals surface area contributed by atoms with Crippen molar-refractivity contribution >= 4 is 11.8 Å². The summed E-state index contributed by atoms with van der Waals surface area (Å²) in [5, 5.41) is 1.15. The first-order valence-electron chi connectivity index (χ1n) is 7.69. The van der Waals surface area contributed by atoms with Gasteiger partial charge in [0.25, 0.3) is 0 Å². The molecule has 21 heavy (non-hydrogen) atoms. The lowest BCUT2D eigenvalue weighted by Crippen LogP contribution is -2.30. The van der Waals surface area contributed by atoms with Crippen LogP contribution in [0.4, 0.5) is 0 Å². The normalized spacial score (nSPS) is 19.3. The fraction of sp³-hybridized carbons (Fsp3) is 0.389. The lowest BCUT2D eigenvalue weighted by molar-refractivity contribution is 0.203. The number of hydrogen-bond acceptors (Lipinski definition) is 3. The SMILES string of the molecule is CC(C)N1CCCC1c1cccnc1Sc1ccccc1. The molecule has 0 spiro atoms. The summed E-state index contributed by atoms with van der Waals surface area (Å²) < 4.78 is 0. The first-order chi connectivity index (χ1) is 10.3. The Morgan fingerprint density at radius 2 is 1.95 bits per heavy atom. The van der Waals surface area contributed by atoms with Crippen molar-refractivity contribution in [3.05, 3.63) is 54.2 Å². The van der Waals surface area contributed by atoms with Crippen LogP contribution in [-0.4, -0.2) is 22.5 Å². The van der Waals surface area contributed by atoms with Gasteiger partial charge in [-0.05, 0) is 51.4 Å². The van der Waals surface area contributed by atoms with E-state index in [-0.39, 0.29) is 0 Å². The number of hydrogen-bond donors (Lipinski definition) is 0. The molecule has 2 aromatic rings. The highest BCUT2D eigenvalue weighted by atomic mass is 32.2. The number of aromatic nitrogens is 1. The van der Waals surface area contributed by atoms with Crippen molar-refractivity contribution in [2.45, 2.75) is 48.7 Å². The molecule has 1 fully saturated rings. The van der Waals surface area contributed by atoms with Crippen molar-refractivity contribution in [2.24, 2.45) is 0 Å². The minimum atomic E-state index is 0.518. The van der Waals surface area contributed by atoms with E-state index in [0.29, 0.717) is 12.1 Å². The van der Waals surface area contributed by atoms with Crippen LogP contribution < -0.4 is 0 Å². The predicted octanol–water partition coefficient (Wildman–Crippen LogP) is 4.78. The molecule has 3 heteroatoms. The third-order valence-corrected chi connectivity index (χ3v) is 5.12. The molecule has 0 bridgehead atoms. The van der Waals surface area contributed by atoms with Crippen LogP contribution in [0.1, 0.15) is 38.3 Å². The summed E-state index contributed by atoms with van der Waals surface area (Å²) in [6, 6.07) is 16.0. The van der Waals surface area contributed by atoms with Gasteiger partial charge in [-0.25, -0.2) is 4.98 Å². The molecule has 2 heterocycles. The molecule has 1 aromatic carbocycles. The average molecular weight is 298 g/mol. The summed E-state index contributed by atoms with van der Waals surface area (Å²) >= 11 is 1.78. The maximum Gasteiger partial charge on any atom is 0.105 e. The van der Waals surface area contributed by atoms with E-state index in [4.69, 9.17) is 0 Å². The van der Waals surface area contributed by atoms with Crippen LogP contribution in [0.5, 0.6) is 0 Å². The number of benzene rings is 1. The molecule has 1 aliphatic rings. The van der Waals surface area contributed by atoms with Gasteiger partial charge in [-0.1, -0.05) is 36.0 Å². The second-order valence-electron chi connectivity index (χ2n) is 5.80. The van der Waals surface area contributed by atoms with Crippen LogP contribution in [0.3, 0.4) is 0 Å². The molecule has 1 atom stereocenters. The molecule has 0 amide bonds. The summed E-state index contributed by atoms with van der Waals surface area (Å²) in [6.45, 7) is 5.78. The van der Waals surface area contributed by atoms with Crippen molar-refractivity contribution in [1.82, 2.24) is 9.88 Å². The van der Waals surface area contributed by atoms with Crippen molar-refractivity contribution < 1.29 is 0 Å². The van der Waals surface area contributed by atoms with E-state index >= 15 is 0 Å². The fourth-order valence-electron chi connectivity index (χ4n) is 3.08. The molecular weight excluding hydrogens is 276 g/mol. The Morgan fingerprint density at radius 1 is 1.14 bits per heavy atom. The molecule has 0 saturated carbocycles. The fourth-order valence-corrected chi connectivity index (χ4v) is 4.04. The molecule has 1 saturated heterocycles. The third kappa shape index (κ3) is 3.30. The summed E-state index contributed by atoms with van der Waals surface area (Å²) in [4.78, 5) is 8.51. The van der Waals surface area contributed by atoms with E-state index in [9.17, 15) is 0 Å². The Kier molecular flexibility index (Phi) is 4.61. The average Bonchev–Trinajstić information content (AvgIpc) is 2.98. The standard InChI is InChI=1S/C18H22N2S/c1-14(2)20-13-7-11-17(20)16-10-6-12-19-18(16)21-15-8-4-3-5-9-15/h3-6,8-10,12,14,17H,7,11,13H2,1-2H3. The largest absolute Gasteiger partial charge is 0.294 e. The summed E-state index contributed by atoms with van der Waals surface area (Å²) in [5.74, 6) is 0. The zero-order valence-corrected chi connectivity index (χ0v) is 13.5. The third-order valence-electron chi connectivity index (χ3n) is 4.07. The Morgan fingerprint density at radius 3 is 2.71 bits per heavy atom. The molecule has 0 aliphatic carbocycles. The Balaban J connectivity index is 1.89. The molecule has 110 valence electrons. The van der Waals surface area contributed by atoms with E-state index in [1.54, 1.807) is 11.8 Å². The van der Waals surface area contributed by atoms with Crippen molar-refractivity contribution in [1.29, 1.82) is 0 Å². The van der Waals surface area contributed by atoms with Crippen LogP contribution in [0.25, 0.3) is 0 Å². The monoisotopic (exact) mass is 298 g/mol. The van der Waals surface area contributed by atoms with E-state index in [1.807, 2.05) is 6.20 Å². The predicted molar refractivity (Wildman–Crippen MR) is 88.6 cm³/mol. The van der Waals surface area contributed by atoms with E-state index in [2.05, 4.69) is 66.2 Å². The van der Waals surface area contributed by atoms with Gasteiger partial charge >= 0.3 is 0 Å². The minimum Gasteiger partial charge on any atom is -0.294 e. The molecule has 1 aromatic heterocycles. The summed E-state index contributed by atoms with van der Waals surface area (Å²) in [5.41, 5.74) is 1.39. The maximum atomic E-state index is 4.65. The molecule has 1 unspecified atom stereocenters. The van der Waals surface area contributed by atoms with Crippen molar-refractivity contribution in [2.75, 3.05) is 6.54 Å². The van der Waals surface area contributed by atoms with Crippen LogP contribution in [0, 0.1) is 0 Å². The molecule has 0 radical (unpaired) electrons. The maximum absolute atomic E-state index is 4.65. The molecule has 3 rings (SSSR count). The van der Waals surface area contributed by atoms with E-state index in [0.717, 1.165) is 5.03 Å². The number of rotatable bonds is 4. The van der Waals surface area contributed by atoms with Gasteiger partial charge < -0.3 is 0 Å². The zero-order chi connectivity index (χ0) is 14.7. The van der Waals surface area contributed by atoms with Gasteiger partial charge in [0.2, 0.25) is 0 Å². The van der Waals surface area contributed by atoms with Crippen LogP contribution in [-0.2, 0) is 0 Å². The number of nitrogens with zero attached hydrogens (tertiary/aromatic N) is 2. The van der Waals surface area contributed by atoms with Crippen molar-refractivity contribution in [3.8, 4) is 0 Å². The van der Waals surface area contributed by atoms with Crippen LogP contribution in [0.2, 0.25) is 0 Å². The first-order valence-corrected chi connectivity index (χ1v) is 8.51. The molecule has 0 N–H and O–H groups in total. The minimum absolute atomic E-state index is 0.518. The van der Waals surface area contributed by atoms with Gasteiger partial charge in [-0.3, -0.25) is 4.90 Å². The van der Waals surface area contributed by atoms with Gasteiger partial charge in [-0.15, -0.1) is 0 Å². The van der Waals surface area contributed by atoms with Gasteiger partial charge in [0.05, 0.1) is 0 Å². The molecule has 1 aliphatic heterocycles. The topological polar surface area (TPSA) is 16.1 Å². The van der Waals surface area contributed by atoms with Gasteiger partial charge in [0.15, 0.2) is 0 Å². The number of likely N-dealkylation sites (tertiary alicyclic amines) is 1. The number of pyridine rings is 1. The Hall–Kier alpha value is -1.32. The second kappa shape index (κ2) is 6.63. The Labute approximate surface area is 131 Å². The van der Waals surface area contributed by atoms with E-state index < -0.39 is 0 Å². The van der Waals surface area contributed by atoms with E-state index in [1.165, 1.54) is 29.8 Å². The summed E-state index contributed by atoms with van der Waals surface area (Å²) in [7, 11) is 0. The molecule has 2 nitrogen and oxygen atoms in total. The lowest BCUT2D eigenvalue weighted by Gasteiger charge is -2.29. The van der Waals surface area contributed by atoms with Gasteiger partial charge in [-0.2, -0.15) is 0 Å². The zero-order valence-electron chi connectivity index (χ0n) is 12.7. The highest BCUT2D eigenvalue weighted by Crippen LogP contribution is 2.39. The summed E-state index contributed by atoms with van der Waals surface area (Å²) in [6.07, 6.45) is 4.43. The van der Waals surface area contributed by atoms with Gasteiger partial charge in [0.1, 0.15) is 5.03 Å². The highest BCUT2D eigenvalue weighted by molar-refractivity contribution is 7.99. The second-order valence-corrected chi connectivity index (χ2v) is 6.86. The first kappa shape index (κ1) is 14.6. The quantitative estimate of drug-likeness (QED) is 0.808. The van der Waals surface area contributed by atoms with Crippen LogP contribution in [0.15, 0.2) is 58.6 Å². The smallest absolute Gasteiger partial charge is 0.105 e. The molecular formula is C18H22N2S. The van der Waals surface area contributed by atoms with Crippen molar-refractivity contribution in [3.63, 3.8) is 0 Å². The lowest BCUT2D eigenvalue weighted by atomic mass is 10.1. The van der Waals surface area contributed by atoms with Crippen LogP contribution >= 0.6 is 11.8 Å².